The molecule has 0 saturated heterocycles. The van der Waals surface area contributed by atoms with Crippen LogP contribution < -0.4 is 16.3 Å². The van der Waals surface area contributed by atoms with Crippen LogP contribution in [0.5, 0.6) is 0 Å². The monoisotopic (exact) mass is 378 g/mol. The molecule has 0 fully saturated rings. The average molecular weight is 378 g/mol. The van der Waals surface area contributed by atoms with E-state index in [2.05, 4.69) is 20.6 Å². The second kappa shape index (κ2) is 9.02. The van der Waals surface area contributed by atoms with Crippen molar-refractivity contribution >= 4 is 17.5 Å². The van der Waals surface area contributed by atoms with E-state index in [0.29, 0.717) is 12.1 Å². The molecule has 0 aliphatic heterocycles. The summed E-state index contributed by atoms with van der Waals surface area (Å²) >= 11 is 0. The van der Waals surface area contributed by atoms with Crippen molar-refractivity contribution in [1.29, 1.82) is 0 Å². The normalized spacial score (nSPS) is 10.7. The first kappa shape index (κ1) is 20.2. The highest BCUT2D eigenvalue weighted by molar-refractivity contribution is 5.94. The molecule has 2 rings (SSSR count). The first-order valence-electron chi connectivity index (χ1n) is 8.38. The van der Waals surface area contributed by atoms with E-state index in [-0.39, 0.29) is 30.3 Å². The number of nitrogens with one attached hydrogen (secondary N) is 3. The Kier molecular flexibility index (Phi) is 6.75. The molecule has 0 saturated carbocycles. The maximum absolute atomic E-state index is 13.5. The molecule has 9 heteroatoms. The first-order valence-corrected chi connectivity index (χ1v) is 8.38. The van der Waals surface area contributed by atoms with Gasteiger partial charge in [-0.3, -0.25) is 9.59 Å². The molecule has 0 aliphatic carbocycles. The summed E-state index contributed by atoms with van der Waals surface area (Å²) in [6, 6.07) is 4.19. The van der Waals surface area contributed by atoms with Gasteiger partial charge in [-0.05, 0) is 30.5 Å². The number of nitrogens with zero attached hydrogens (tertiary/aromatic N) is 1. The van der Waals surface area contributed by atoms with Crippen molar-refractivity contribution in [3.8, 4) is 0 Å². The van der Waals surface area contributed by atoms with Crippen LogP contribution in [0.3, 0.4) is 0 Å². The largest absolute Gasteiger partial charge is 0.350 e. The van der Waals surface area contributed by atoms with Crippen molar-refractivity contribution in [2.45, 2.75) is 26.7 Å². The van der Waals surface area contributed by atoms with Crippen LogP contribution in [0.1, 0.15) is 36.5 Å². The van der Waals surface area contributed by atoms with Gasteiger partial charge in [0.2, 0.25) is 5.91 Å². The van der Waals surface area contributed by atoms with Crippen molar-refractivity contribution in [3.63, 3.8) is 0 Å². The zero-order chi connectivity index (χ0) is 20.0. The molecule has 0 spiro atoms. The van der Waals surface area contributed by atoms with Gasteiger partial charge in [-0.25, -0.2) is 13.6 Å². The number of halogens is 2. The Morgan fingerprint density at radius 2 is 1.96 bits per heavy atom. The summed E-state index contributed by atoms with van der Waals surface area (Å²) in [4.78, 5) is 41.7. The summed E-state index contributed by atoms with van der Waals surface area (Å²) in [6.45, 7) is 3.88. The molecule has 0 bridgehead atoms. The molecule has 1 aromatic heterocycles. The highest BCUT2D eigenvalue weighted by atomic mass is 19.1. The van der Waals surface area contributed by atoms with E-state index in [0.717, 1.165) is 18.2 Å². The summed E-state index contributed by atoms with van der Waals surface area (Å²) in [6.07, 6.45) is 0.420. The summed E-state index contributed by atoms with van der Waals surface area (Å²) in [5.41, 5.74) is -0.362. The van der Waals surface area contributed by atoms with Gasteiger partial charge in [-0.1, -0.05) is 13.8 Å². The van der Waals surface area contributed by atoms with Gasteiger partial charge in [0, 0.05) is 24.7 Å². The highest BCUT2D eigenvalue weighted by Crippen LogP contribution is 2.15. The lowest BCUT2D eigenvalue weighted by Crippen LogP contribution is -2.30. The third-order valence-electron chi connectivity index (χ3n) is 3.50. The minimum absolute atomic E-state index is 0.0500. The number of carbonyl (C=O) groups excluding carboxylic acids is 2. The maximum Gasteiger partial charge on any atom is 0.345 e. The molecule has 0 unspecified atom stereocenters. The van der Waals surface area contributed by atoms with E-state index >= 15 is 0 Å². The number of carbonyl (C=O) groups is 2. The van der Waals surface area contributed by atoms with Gasteiger partial charge in [0.25, 0.3) is 5.91 Å². The lowest BCUT2D eigenvalue weighted by molar-refractivity contribution is -0.116. The Morgan fingerprint density at radius 1 is 1.22 bits per heavy atom. The van der Waals surface area contributed by atoms with Gasteiger partial charge in [0.15, 0.2) is 0 Å². The van der Waals surface area contributed by atoms with E-state index in [1.165, 1.54) is 6.07 Å². The van der Waals surface area contributed by atoms with Gasteiger partial charge >= 0.3 is 5.69 Å². The standard InChI is InChI=1S/C18H20F2N4O3/c1-10(2)7-12-9-15(24-18(27)22-12)17(26)21-6-5-16(25)23-14-8-11(19)3-4-13(14)20/h3-4,8-10H,5-7H2,1-2H3,(H,21,26)(H,23,25)(H,22,24,27). The number of H-pyrrole nitrogens is 1. The highest BCUT2D eigenvalue weighted by Gasteiger charge is 2.12. The van der Waals surface area contributed by atoms with Crippen LogP contribution in [-0.4, -0.2) is 28.3 Å². The van der Waals surface area contributed by atoms with E-state index in [4.69, 9.17) is 0 Å². The minimum Gasteiger partial charge on any atom is -0.350 e. The zero-order valence-corrected chi connectivity index (χ0v) is 14.9. The summed E-state index contributed by atoms with van der Waals surface area (Å²) in [7, 11) is 0. The summed E-state index contributed by atoms with van der Waals surface area (Å²) < 4.78 is 26.6. The van der Waals surface area contributed by atoms with E-state index in [9.17, 15) is 23.2 Å². The fourth-order valence-electron chi connectivity index (χ4n) is 2.36. The summed E-state index contributed by atoms with van der Waals surface area (Å²) in [5.74, 6) is -2.36. The SMILES string of the molecule is CC(C)Cc1cc(C(=O)NCCC(=O)Nc2cc(F)ccc2F)nc(=O)[nH]1. The molecular formula is C18H20F2N4O3. The fourth-order valence-corrected chi connectivity index (χ4v) is 2.36. The Labute approximate surface area is 154 Å². The molecule has 1 heterocycles. The predicted molar refractivity (Wildman–Crippen MR) is 95.3 cm³/mol. The lowest BCUT2D eigenvalue weighted by Gasteiger charge is -2.08. The smallest absolute Gasteiger partial charge is 0.345 e. The number of hydrogen-bond acceptors (Lipinski definition) is 4. The quantitative estimate of drug-likeness (QED) is 0.685. The lowest BCUT2D eigenvalue weighted by atomic mass is 10.1. The molecule has 1 aromatic carbocycles. The van der Waals surface area contributed by atoms with Gasteiger partial charge in [-0.2, -0.15) is 4.98 Å². The Bertz CT molecular complexity index is 896. The Balaban J connectivity index is 1.90. The van der Waals surface area contributed by atoms with Crippen LogP contribution in [0.15, 0.2) is 29.1 Å². The van der Waals surface area contributed by atoms with Crippen LogP contribution in [0.4, 0.5) is 14.5 Å². The summed E-state index contributed by atoms with van der Waals surface area (Å²) in [5, 5.41) is 4.70. The molecule has 2 amide bonds. The molecule has 2 aromatic rings. The van der Waals surface area contributed by atoms with Crippen molar-refractivity contribution in [2.75, 3.05) is 11.9 Å². The van der Waals surface area contributed by atoms with Gasteiger partial charge in [0.1, 0.15) is 17.3 Å². The Morgan fingerprint density at radius 3 is 2.67 bits per heavy atom. The van der Waals surface area contributed by atoms with E-state index in [1.807, 2.05) is 13.8 Å². The number of rotatable bonds is 7. The second-order valence-corrected chi connectivity index (χ2v) is 6.37. The fraction of sp³-hybridized carbons (Fsp3) is 0.333. The van der Waals surface area contributed by atoms with Crippen LogP contribution in [0.2, 0.25) is 0 Å². The number of anilines is 1. The molecule has 27 heavy (non-hydrogen) atoms. The van der Waals surface area contributed by atoms with Crippen LogP contribution >= 0.6 is 0 Å². The molecule has 0 atom stereocenters. The third kappa shape index (κ3) is 6.28. The van der Waals surface area contributed by atoms with Crippen LogP contribution in [0.25, 0.3) is 0 Å². The zero-order valence-electron chi connectivity index (χ0n) is 14.9. The van der Waals surface area contributed by atoms with Gasteiger partial charge in [0.05, 0.1) is 5.69 Å². The number of hydrogen-bond donors (Lipinski definition) is 3. The van der Waals surface area contributed by atoms with Gasteiger partial charge < -0.3 is 15.6 Å². The van der Waals surface area contributed by atoms with Crippen LogP contribution in [-0.2, 0) is 11.2 Å². The maximum atomic E-state index is 13.5. The number of benzene rings is 1. The van der Waals surface area contributed by atoms with Gasteiger partial charge in [-0.15, -0.1) is 0 Å². The van der Waals surface area contributed by atoms with Crippen molar-refractivity contribution < 1.29 is 18.4 Å². The minimum atomic E-state index is -0.765. The van der Waals surface area contributed by atoms with Crippen molar-refractivity contribution in [1.82, 2.24) is 15.3 Å². The molecule has 0 radical (unpaired) electrons. The van der Waals surface area contributed by atoms with Crippen LogP contribution in [0, 0.1) is 17.6 Å². The third-order valence-corrected chi connectivity index (χ3v) is 3.50. The van der Waals surface area contributed by atoms with E-state index < -0.39 is 29.1 Å². The number of amides is 2. The topological polar surface area (TPSA) is 104 Å². The number of aromatic amines is 1. The first-order chi connectivity index (χ1) is 12.7. The molecule has 144 valence electrons. The van der Waals surface area contributed by atoms with E-state index in [1.54, 1.807) is 0 Å². The van der Waals surface area contributed by atoms with Crippen molar-refractivity contribution in [2.24, 2.45) is 5.92 Å². The average Bonchev–Trinajstić information content (AvgIpc) is 2.57. The number of aromatic nitrogens is 2. The molecule has 0 aliphatic rings. The Hall–Kier alpha value is -3.10. The second-order valence-electron chi connectivity index (χ2n) is 6.37. The molecule has 7 nitrogen and oxygen atoms in total. The van der Waals surface area contributed by atoms with Crippen molar-refractivity contribution in [3.05, 3.63) is 57.8 Å². The molecular weight excluding hydrogens is 358 g/mol. The predicted octanol–water partition coefficient (Wildman–Crippen LogP) is 2.01. The molecule has 3 N–H and O–H groups in total.